The van der Waals surface area contributed by atoms with Crippen molar-refractivity contribution in [1.29, 1.82) is 0 Å². The van der Waals surface area contributed by atoms with Crippen LogP contribution in [-0.4, -0.2) is 43.0 Å². The van der Waals surface area contributed by atoms with Gasteiger partial charge in [-0.1, -0.05) is 17.7 Å². The number of likely N-dealkylation sites (N-methyl/N-ethyl adjacent to an activating group) is 1. The van der Waals surface area contributed by atoms with Crippen molar-refractivity contribution in [1.82, 2.24) is 4.90 Å². The summed E-state index contributed by atoms with van der Waals surface area (Å²) in [6, 6.07) is 7.49. The van der Waals surface area contributed by atoms with Gasteiger partial charge >= 0.3 is 0 Å². The number of hydrogen-bond donors (Lipinski definition) is 1. The van der Waals surface area contributed by atoms with Crippen molar-refractivity contribution in [2.45, 2.75) is 20.8 Å². The predicted octanol–water partition coefficient (Wildman–Crippen LogP) is 1.82. The van der Waals surface area contributed by atoms with Gasteiger partial charge < -0.3 is 15.0 Å². The van der Waals surface area contributed by atoms with Gasteiger partial charge in [-0.05, 0) is 32.9 Å². The summed E-state index contributed by atoms with van der Waals surface area (Å²) >= 11 is 0. The van der Waals surface area contributed by atoms with Crippen molar-refractivity contribution >= 4 is 17.5 Å². The minimum atomic E-state index is -0.263. The van der Waals surface area contributed by atoms with Crippen LogP contribution in [0.3, 0.4) is 0 Å². The van der Waals surface area contributed by atoms with Gasteiger partial charge in [0, 0.05) is 18.8 Å². The second kappa shape index (κ2) is 8.32. The summed E-state index contributed by atoms with van der Waals surface area (Å²) in [5, 5.41) is 2.71. The maximum atomic E-state index is 11.7. The number of carbonyl (C=O) groups is 2. The highest BCUT2D eigenvalue weighted by Gasteiger charge is 2.10. The number of ether oxygens (including phenoxy) is 1. The Labute approximate surface area is 119 Å². The zero-order chi connectivity index (χ0) is 15.0. The van der Waals surface area contributed by atoms with Gasteiger partial charge in [-0.2, -0.15) is 0 Å². The molecule has 0 radical (unpaired) electrons. The van der Waals surface area contributed by atoms with Gasteiger partial charge in [0.2, 0.25) is 11.8 Å². The number of amides is 2. The number of aryl methyl sites for hydroxylation is 1. The Bertz CT molecular complexity index is 439. The first-order chi connectivity index (χ1) is 9.56. The van der Waals surface area contributed by atoms with Crippen LogP contribution in [0.2, 0.25) is 0 Å². The van der Waals surface area contributed by atoms with E-state index in [-0.39, 0.29) is 25.0 Å². The summed E-state index contributed by atoms with van der Waals surface area (Å²) in [6.45, 7) is 6.90. The van der Waals surface area contributed by atoms with E-state index in [0.29, 0.717) is 13.1 Å². The molecule has 0 saturated heterocycles. The molecule has 0 spiro atoms. The van der Waals surface area contributed by atoms with E-state index in [1.54, 1.807) is 4.90 Å². The first-order valence-corrected chi connectivity index (χ1v) is 6.78. The summed E-state index contributed by atoms with van der Waals surface area (Å²) in [5.74, 6) is -0.362. The first kappa shape index (κ1) is 16.2. The van der Waals surface area contributed by atoms with Crippen molar-refractivity contribution in [3.63, 3.8) is 0 Å². The Hall–Kier alpha value is -1.88. The lowest BCUT2D eigenvalue weighted by Gasteiger charge is -2.18. The normalized spacial score (nSPS) is 10.2. The third-order valence-corrected chi connectivity index (χ3v) is 2.91. The summed E-state index contributed by atoms with van der Waals surface area (Å²) < 4.78 is 5.13. The lowest BCUT2D eigenvalue weighted by Crippen LogP contribution is -2.34. The highest BCUT2D eigenvalue weighted by molar-refractivity contribution is 5.91. The van der Waals surface area contributed by atoms with Crippen molar-refractivity contribution < 1.29 is 14.3 Å². The Kier molecular flexibility index (Phi) is 6.73. The molecule has 5 nitrogen and oxygen atoms in total. The summed E-state index contributed by atoms with van der Waals surface area (Å²) in [6.07, 6.45) is 0. The van der Waals surface area contributed by atoms with Crippen LogP contribution in [0.25, 0.3) is 0 Å². The van der Waals surface area contributed by atoms with Crippen molar-refractivity contribution in [3.05, 3.63) is 29.8 Å². The molecular formula is C15H22N2O3. The predicted molar refractivity (Wildman–Crippen MR) is 78.6 cm³/mol. The highest BCUT2D eigenvalue weighted by atomic mass is 16.5. The number of hydrogen-bond acceptors (Lipinski definition) is 3. The van der Waals surface area contributed by atoms with E-state index in [9.17, 15) is 9.59 Å². The van der Waals surface area contributed by atoms with E-state index >= 15 is 0 Å². The average Bonchev–Trinajstić information content (AvgIpc) is 2.43. The molecule has 1 rings (SSSR count). The van der Waals surface area contributed by atoms with Gasteiger partial charge in [0.15, 0.2) is 0 Å². The van der Waals surface area contributed by atoms with E-state index in [2.05, 4.69) is 5.32 Å². The Morgan fingerprint density at radius 1 is 1.10 bits per heavy atom. The SMILES string of the molecule is CCN(CC)C(=O)COCC(=O)Nc1ccc(C)cc1. The van der Waals surface area contributed by atoms with Crippen LogP contribution in [0.15, 0.2) is 24.3 Å². The largest absolute Gasteiger partial charge is 0.362 e. The molecule has 110 valence electrons. The monoisotopic (exact) mass is 278 g/mol. The smallest absolute Gasteiger partial charge is 0.250 e. The summed E-state index contributed by atoms with van der Waals surface area (Å²) in [5.41, 5.74) is 1.85. The van der Waals surface area contributed by atoms with Crippen LogP contribution in [0.4, 0.5) is 5.69 Å². The summed E-state index contributed by atoms with van der Waals surface area (Å²) in [7, 11) is 0. The third-order valence-electron chi connectivity index (χ3n) is 2.91. The molecule has 2 amide bonds. The molecule has 0 fully saturated rings. The molecule has 1 N–H and O–H groups in total. The molecule has 1 aromatic carbocycles. The first-order valence-electron chi connectivity index (χ1n) is 6.78. The van der Waals surface area contributed by atoms with E-state index < -0.39 is 0 Å². The minimum Gasteiger partial charge on any atom is -0.362 e. The van der Waals surface area contributed by atoms with Crippen LogP contribution >= 0.6 is 0 Å². The topological polar surface area (TPSA) is 58.6 Å². The van der Waals surface area contributed by atoms with Crippen LogP contribution in [-0.2, 0) is 14.3 Å². The number of carbonyl (C=O) groups excluding carboxylic acids is 2. The molecule has 5 heteroatoms. The lowest BCUT2D eigenvalue weighted by atomic mass is 10.2. The van der Waals surface area contributed by atoms with E-state index in [4.69, 9.17) is 4.74 Å². The molecule has 0 aliphatic carbocycles. The molecule has 0 atom stereocenters. The standard InChI is InChI=1S/C15H22N2O3/c1-4-17(5-2)15(19)11-20-10-14(18)16-13-8-6-12(3)7-9-13/h6-9H,4-5,10-11H2,1-3H3,(H,16,18). The van der Waals surface area contributed by atoms with Gasteiger partial charge in [0.25, 0.3) is 0 Å². The molecule has 0 aromatic heterocycles. The zero-order valence-corrected chi connectivity index (χ0v) is 12.3. The minimum absolute atomic E-state index is 0.0665. The molecule has 20 heavy (non-hydrogen) atoms. The Morgan fingerprint density at radius 2 is 1.70 bits per heavy atom. The second-order valence-corrected chi connectivity index (χ2v) is 4.47. The zero-order valence-electron chi connectivity index (χ0n) is 12.3. The number of benzene rings is 1. The third kappa shape index (κ3) is 5.40. The lowest BCUT2D eigenvalue weighted by molar-refractivity contribution is -0.137. The fraction of sp³-hybridized carbons (Fsp3) is 0.467. The van der Waals surface area contributed by atoms with Gasteiger partial charge in [0.05, 0.1) is 0 Å². The van der Waals surface area contributed by atoms with Gasteiger partial charge in [0.1, 0.15) is 13.2 Å². The van der Waals surface area contributed by atoms with Crippen molar-refractivity contribution in [3.8, 4) is 0 Å². The number of anilines is 1. The highest BCUT2D eigenvalue weighted by Crippen LogP contribution is 2.08. The Morgan fingerprint density at radius 3 is 2.25 bits per heavy atom. The maximum absolute atomic E-state index is 11.7. The number of nitrogens with one attached hydrogen (secondary N) is 1. The average molecular weight is 278 g/mol. The van der Waals surface area contributed by atoms with E-state index in [1.807, 2.05) is 45.0 Å². The van der Waals surface area contributed by atoms with Crippen molar-refractivity contribution in [2.75, 3.05) is 31.6 Å². The van der Waals surface area contributed by atoms with Crippen molar-refractivity contribution in [2.24, 2.45) is 0 Å². The van der Waals surface area contributed by atoms with E-state index in [0.717, 1.165) is 11.3 Å². The van der Waals surface area contributed by atoms with Crippen LogP contribution in [0, 0.1) is 6.92 Å². The van der Waals surface area contributed by atoms with Crippen LogP contribution < -0.4 is 5.32 Å². The fourth-order valence-electron chi connectivity index (χ4n) is 1.73. The molecule has 1 aromatic rings. The maximum Gasteiger partial charge on any atom is 0.250 e. The second-order valence-electron chi connectivity index (χ2n) is 4.47. The summed E-state index contributed by atoms with van der Waals surface area (Å²) in [4.78, 5) is 24.9. The molecular weight excluding hydrogens is 256 g/mol. The molecule has 0 unspecified atom stereocenters. The quantitative estimate of drug-likeness (QED) is 0.827. The number of rotatable bonds is 7. The molecule has 0 bridgehead atoms. The molecule has 0 saturated carbocycles. The molecule has 0 aliphatic rings. The van der Waals surface area contributed by atoms with E-state index in [1.165, 1.54) is 0 Å². The molecule has 0 heterocycles. The molecule has 0 aliphatic heterocycles. The van der Waals surface area contributed by atoms with Gasteiger partial charge in [-0.3, -0.25) is 9.59 Å². The Balaban J connectivity index is 2.30. The fourth-order valence-corrected chi connectivity index (χ4v) is 1.73. The van der Waals surface area contributed by atoms with Gasteiger partial charge in [-0.25, -0.2) is 0 Å². The number of nitrogens with zero attached hydrogens (tertiary/aromatic N) is 1. The van der Waals surface area contributed by atoms with Crippen LogP contribution in [0.1, 0.15) is 19.4 Å². The van der Waals surface area contributed by atoms with Gasteiger partial charge in [-0.15, -0.1) is 0 Å². The van der Waals surface area contributed by atoms with Crippen LogP contribution in [0.5, 0.6) is 0 Å².